The van der Waals surface area contributed by atoms with E-state index in [1.165, 1.54) is 18.2 Å². The zero-order valence-corrected chi connectivity index (χ0v) is 11.1. The number of hydrogen-bond donors (Lipinski definition) is 1. The van der Waals surface area contributed by atoms with Gasteiger partial charge in [-0.2, -0.15) is 0 Å². The highest BCUT2D eigenvalue weighted by Gasteiger charge is 2.07. The third-order valence-electron chi connectivity index (χ3n) is 2.65. The van der Waals surface area contributed by atoms with Gasteiger partial charge < -0.3 is 9.84 Å². The van der Waals surface area contributed by atoms with Gasteiger partial charge in [-0.05, 0) is 18.6 Å². The summed E-state index contributed by atoms with van der Waals surface area (Å²) in [5, 5.41) is 8.59. The Morgan fingerprint density at radius 1 is 1.37 bits per heavy atom. The fourth-order valence-corrected chi connectivity index (χ4v) is 1.67. The minimum atomic E-state index is -1.07. The van der Waals surface area contributed by atoms with Crippen LogP contribution in [-0.4, -0.2) is 17.7 Å². The highest BCUT2D eigenvalue weighted by molar-refractivity contribution is 5.85. The molecule has 0 aliphatic rings. The predicted molar refractivity (Wildman–Crippen MR) is 72.7 cm³/mol. The summed E-state index contributed by atoms with van der Waals surface area (Å²) in [6, 6.07) is 4.46. The lowest BCUT2D eigenvalue weighted by Crippen LogP contribution is -2.01. The van der Waals surface area contributed by atoms with Crippen LogP contribution >= 0.6 is 0 Å². The lowest BCUT2D eigenvalue weighted by atomic mass is 10.1. The van der Waals surface area contributed by atoms with Gasteiger partial charge in [-0.15, -0.1) is 0 Å². The Morgan fingerprint density at radius 3 is 2.84 bits per heavy atom. The maximum absolute atomic E-state index is 13.6. The minimum Gasteiger partial charge on any atom is -0.490 e. The molecule has 0 spiro atoms. The van der Waals surface area contributed by atoms with E-state index < -0.39 is 11.8 Å². The van der Waals surface area contributed by atoms with E-state index in [4.69, 9.17) is 9.84 Å². The molecule has 0 radical (unpaired) electrons. The van der Waals surface area contributed by atoms with Gasteiger partial charge in [0.2, 0.25) is 0 Å². The second-order valence-electron chi connectivity index (χ2n) is 4.24. The van der Waals surface area contributed by atoms with Crippen LogP contribution in [0.3, 0.4) is 0 Å². The lowest BCUT2D eigenvalue weighted by Gasteiger charge is -2.10. The third kappa shape index (κ3) is 5.55. The van der Waals surface area contributed by atoms with Crippen molar-refractivity contribution < 1.29 is 19.0 Å². The van der Waals surface area contributed by atoms with Gasteiger partial charge in [0.25, 0.3) is 0 Å². The van der Waals surface area contributed by atoms with Crippen molar-refractivity contribution in [3.05, 3.63) is 35.7 Å². The van der Waals surface area contributed by atoms with Crippen LogP contribution in [0.15, 0.2) is 24.3 Å². The van der Waals surface area contributed by atoms with Crippen LogP contribution in [0, 0.1) is 5.82 Å². The van der Waals surface area contributed by atoms with Crippen molar-refractivity contribution in [2.45, 2.75) is 32.6 Å². The van der Waals surface area contributed by atoms with Gasteiger partial charge >= 0.3 is 5.97 Å². The van der Waals surface area contributed by atoms with E-state index in [1.807, 2.05) is 0 Å². The molecule has 0 aromatic heterocycles. The first-order valence-corrected chi connectivity index (χ1v) is 6.47. The Kier molecular flexibility index (Phi) is 6.64. The normalized spacial score (nSPS) is 10.8. The Hall–Kier alpha value is -1.84. The number of ether oxygens (including phenoxy) is 1. The Balaban J connectivity index is 2.66. The molecule has 0 atom stereocenters. The summed E-state index contributed by atoms with van der Waals surface area (Å²) in [5.41, 5.74) is 0.442. The molecule has 3 nitrogen and oxygen atoms in total. The largest absolute Gasteiger partial charge is 0.490 e. The molecular formula is C15H19FO3. The van der Waals surface area contributed by atoms with Gasteiger partial charge in [0.05, 0.1) is 6.61 Å². The molecule has 0 bridgehead atoms. The first-order chi connectivity index (χ1) is 9.15. The van der Waals surface area contributed by atoms with E-state index in [9.17, 15) is 9.18 Å². The maximum Gasteiger partial charge on any atom is 0.328 e. The monoisotopic (exact) mass is 266 g/mol. The Labute approximate surface area is 112 Å². The van der Waals surface area contributed by atoms with Gasteiger partial charge in [0, 0.05) is 11.6 Å². The van der Waals surface area contributed by atoms with Crippen molar-refractivity contribution in [2.24, 2.45) is 0 Å². The van der Waals surface area contributed by atoms with Gasteiger partial charge in [0.15, 0.2) is 11.6 Å². The molecule has 0 heterocycles. The molecule has 4 heteroatoms. The summed E-state index contributed by atoms with van der Waals surface area (Å²) < 4.78 is 19.1. The fraction of sp³-hybridized carbons (Fsp3) is 0.400. The molecule has 1 aromatic rings. The van der Waals surface area contributed by atoms with E-state index in [-0.39, 0.29) is 5.75 Å². The van der Waals surface area contributed by atoms with Crippen molar-refractivity contribution in [1.82, 2.24) is 0 Å². The molecular weight excluding hydrogens is 247 g/mol. The summed E-state index contributed by atoms with van der Waals surface area (Å²) in [6.45, 7) is 2.56. The number of aliphatic carboxylic acids is 1. The first-order valence-electron chi connectivity index (χ1n) is 6.47. The van der Waals surface area contributed by atoms with Gasteiger partial charge in [-0.25, -0.2) is 9.18 Å². The van der Waals surface area contributed by atoms with E-state index in [0.717, 1.165) is 31.8 Å². The number of hydrogen-bond acceptors (Lipinski definition) is 2. The molecule has 0 aliphatic carbocycles. The van der Waals surface area contributed by atoms with Gasteiger partial charge in [0.1, 0.15) is 0 Å². The maximum atomic E-state index is 13.6. The molecule has 0 amide bonds. The number of carboxylic acids is 1. The van der Waals surface area contributed by atoms with Crippen molar-refractivity contribution in [3.63, 3.8) is 0 Å². The van der Waals surface area contributed by atoms with Crippen LogP contribution < -0.4 is 4.74 Å². The SMILES string of the molecule is CCCCCCOc1c(F)cccc1/C=C/C(=O)O. The molecule has 0 saturated heterocycles. The van der Waals surface area contributed by atoms with Crippen LogP contribution in [0.4, 0.5) is 4.39 Å². The van der Waals surface area contributed by atoms with E-state index in [1.54, 1.807) is 6.07 Å². The molecule has 0 aliphatic heterocycles. The number of carboxylic acid groups (broad SMARTS) is 1. The van der Waals surface area contributed by atoms with E-state index in [0.29, 0.717) is 12.2 Å². The number of benzene rings is 1. The summed E-state index contributed by atoms with van der Waals surface area (Å²) >= 11 is 0. The highest BCUT2D eigenvalue weighted by atomic mass is 19.1. The molecule has 1 N–H and O–H groups in total. The summed E-state index contributed by atoms with van der Waals surface area (Å²) in [6.07, 6.45) is 6.49. The molecule has 104 valence electrons. The van der Waals surface area contributed by atoms with E-state index >= 15 is 0 Å². The number of halogens is 1. The molecule has 0 saturated carbocycles. The number of rotatable bonds is 8. The van der Waals surface area contributed by atoms with Gasteiger partial charge in [-0.1, -0.05) is 38.3 Å². The zero-order valence-electron chi connectivity index (χ0n) is 11.1. The Morgan fingerprint density at radius 2 is 2.16 bits per heavy atom. The second kappa shape index (κ2) is 8.29. The lowest BCUT2D eigenvalue weighted by molar-refractivity contribution is -0.131. The number of unbranched alkanes of at least 4 members (excludes halogenated alkanes) is 3. The second-order valence-corrected chi connectivity index (χ2v) is 4.24. The summed E-state index contributed by atoms with van der Waals surface area (Å²) in [4.78, 5) is 10.5. The quantitative estimate of drug-likeness (QED) is 0.573. The molecule has 19 heavy (non-hydrogen) atoms. The van der Waals surface area contributed by atoms with E-state index in [2.05, 4.69) is 6.92 Å². The van der Waals surface area contributed by atoms with Crippen LogP contribution in [-0.2, 0) is 4.79 Å². The summed E-state index contributed by atoms with van der Waals surface area (Å²) in [5.74, 6) is -1.42. The first kappa shape index (κ1) is 15.2. The van der Waals surface area contributed by atoms with Crippen LogP contribution in [0.5, 0.6) is 5.75 Å². The van der Waals surface area contributed by atoms with Crippen molar-refractivity contribution >= 4 is 12.0 Å². The molecule has 0 unspecified atom stereocenters. The minimum absolute atomic E-state index is 0.122. The van der Waals surface area contributed by atoms with Crippen molar-refractivity contribution in [3.8, 4) is 5.75 Å². The van der Waals surface area contributed by atoms with Crippen molar-refractivity contribution in [1.29, 1.82) is 0 Å². The average molecular weight is 266 g/mol. The predicted octanol–water partition coefficient (Wildman–Crippen LogP) is 3.88. The topological polar surface area (TPSA) is 46.5 Å². The highest BCUT2D eigenvalue weighted by Crippen LogP contribution is 2.24. The zero-order chi connectivity index (χ0) is 14.1. The molecule has 1 rings (SSSR count). The van der Waals surface area contributed by atoms with Gasteiger partial charge in [-0.3, -0.25) is 0 Å². The van der Waals surface area contributed by atoms with Crippen LogP contribution in [0.1, 0.15) is 38.2 Å². The third-order valence-corrected chi connectivity index (χ3v) is 2.65. The Bertz CT molecular complexity index is 441. The summed E-state index contributed by atoms with van der Waals surface area (Å²) in [7, 11) is 0. The smallest absolute Gasteiger partial charge is 0.328 e. The van der Waals surface area contributed by atoms with Crippen molar-refractivity contribution in [2.75, 3.05) is 6.61 Å². The molecule has 0 fully saturated rings. The van der Waals surface area contributed by atoms with Crippen LogP contribution in [0.25, 0.3) is 6.08 Å². The molecule has 1 aromatic carbocycles. The van der Waals surface area contributed by atoms with Crippen LogP contribution in [0.2, 0.25) is 0 Å². The number of para-hydroxylation sites is 1. The number of carbonyl (C=O) groups is 1. The standard InChI is InChI=1S/C15H19FO3/c1-2-3-4-5-11-19-15-12(9-10-14(17)18)7-6-8-13(15)16/h6-10H,2-5,11H2,1H3,(H,17,18)/b10-9+. The fourth-order valence-electron chi connectivity index (χ4n) is 1.67. The average Bonchev–Trinajstić information content (AvgIpc) is 2.38.